The molecule has 0 aromatic rings. The fraction of sp³-hybridized carbons (Fsp3) is 0.917. The second kappa shape index (κ2) is 5.56. The fourth-order valence-corrected chi connectivity index (χ4v) is 1.05. The van der Waals surface area contributed by atoms with Crippen LogP contribution in [0.3, 0.4) is 0 Å². The molecule has 0 aromatic carbocycles. The number of nitrogens with zero attached hydrogens (tertiary/aromatic N) is 2. The predicted octanol–water partition coefficient (Wildman–Crippen LogP) is 2.49. The third-order valence-electron chi connectivity index (χ3n) is 2.17. The van der Waals surface area contributed by atoms with E-state index in [-0.39, 0.29) is 11.8 Å². The second-order valence-corrected chi connectivity index (χ2v) is 4.85. The monoisotopic (exact) mass is 289 g/mol. The van der Waals surface area contributed by atoms with Gasteiger partial charge in [0.1, 0.15) is 0 Å². The van der Waals surface area contributed by atoms with E-state index in [4.69, 9.17) is 9.60 Å². The Hall–Kier alpha value is -0.980. The maximum absolute atomic E-state index is 12.7. The summed E-state index contributed by atoms with van der Waals surface area (Å²) in [6.45, 7) is -5.70. The Bertz CT molecular complexity index is 544. The molecule has 0 aromatic heterocycles. The molecule has 4 nitrogen and oxygen atoms in total. The molecule has 3 unspecified atom stereocenters. The van der Waals surface area contributed by atoms with Crippen LogP contribution in [-0.4, -0.2) is 59.7 Å². The molecule has 1 saturated heterocycles. The number of carbonyl (C=O) groups is 1. The highest BCUT2D eigenvalue weighted by Crippen LogP contribution is 2.23. The van der Waals surface area contributed by atoms with Crippen molar-refractivity contribution < 1.29 is 32.3 Å². The Morgan fingerprint density at radius 1 is 1.32 bits per heavy atom. The molecule has 0 bridgehead atoms. The predicted molar refractivity (Wildman–Crippen MR) is 64.9 cm³/mol. The second-order valence-electron chi connectivity index (χ2n) is 4.85. The van der Waals surface area contributed by atoms with Crippen LogP contribution in [0.1, 0.15) is 37.3 Å². The molecule has 1 heterocycles. The molecule has 112 valence electrons. The quantitative estimate of drug-likeness (QED) is 0.743. The maximum Gasteiger partial charge on any atom is 0.425 e. The van der Waals surface area contributed by atoms with E-state index in [9.17, 15) is 18.0 Å². The van der Waals surface area contributed by atoms with Gasteiger partial charge in [0.05, 0.1) is 4.11 Å². The lowest BCUT2D eigenvalue weighted by Crippen LogP contribution is -2.55. The molecule has 0 aliphatic carbocycles. The Morgan fingerprint density at radius 3 is 2.16 bits per heavy atom. The molecule has 1 amide bonds. The number of alkyl halides is 3. The first-order valence-electron chi connectivity index (χ1n) is 9.07. The molecule has 0 saturated carbocycles. The Balaban J connectivity index is 3.34. The average molecular weight is 289 g/mol. The summed E-state index contributed by atoms with van der Waals surface area (Å²) >= 11 is 0. The molecule has 3 atom stereocenters. The summed E-state index contributed by atoms with van der Waals surface area (Å²) in [6.07, 6.45) is -11.0. The highest BCUT2D eigenvalue weighted by Gasteiger charge is 2.40. The van der Waals surface area contributed by atoms with Gasteiger partial charge in [0.25, 0.3) is 0 Å². The van der Waals surface area contributed by atoms with Crippen molar-refractivity contribution in [1.29, 1.82) is 0 Å². The molecule has 0 N–H and O–H groups in total. The number of hydrogen-bond acceptors (Lipinski definition) is 3. The summed E-state index contributed by atoms with van der Waals surface area (Å²) < 4.78 is 97.3. The van der Waals surface area contributed by atoms with Gasteiger partial charge >= 0.3 is 12.3 Å². The molecule has 1 rings (SSSR count). The number of ether oxygens (including phenoxy) is 1. The van der Waals surface area contributed by atoms with Crippen molar-refractivity contribution in [1.82, 2.24) is 9.80 Å². The van der Waals surface area contributed by atoms with E-state index < -0.39 is 49.9 Å². The summed E-state index contributed by atoms with van der Waals surface area (Å²) in [5.41, 5.74) is -1.21. The van der Waals surface area contributed by atoms with Gasteiger partial charge < -0.3 is 9.64 Å². The first kappa shape index (κ1) is 8.34. The van der Waals surface area contributed by atoms with Gasteiger partial charge in [-0.3, -0.25) is 4.90 Å². The van der Waals surface area contributed by atoms with Gasteiger partial charge in [0.2, 0.25) is 0 Å². The van der Waals surface area contributed by atoms with Crippen molar-refractivity contribution in [3.63, 3.8) is 0 Å². The average Bonchev–Trinajstić information content (AvgIpc) is 2.32. The number of carbonyl (C=O) groups excluding carboxylic acids is 1. The molecular formula is C12H21F3N2O2. The summed E-state index contributed by atoms with van der Waals surface area (Å²) in [5, 5.41) is 0. The number of hydrogen-bond donors (Lipinski definition) is 0. The first-order valence-corrected chi connectivity index (χ1v) is 5.42. The lowest BCUT2D eigenvalue weighted by atomic mass is 10.1. The third kappa shape index (κ3) is 4.56. The molecular weight excluding hydrogens is 261 g/mol. The standard InChI is InChI=1S/C12H21F3N2O2/c1-9(12(13,14)15)19-10(18)16-5-7-17(8-6-16)11(2,3)4/h9H,5-8H2,1-4H3/i5D,6D,7D2,8D2,9D. The number of amides is 1. The zero-order chi connectivity index (χ0) is 21.1. The van der Waals surface area contributed by atoms with Crippen LogP contribution in [0.4, 0.5) is 18.0 Å². The van der Waals surface area contributed by atoms with Gasteiger partial charge in [-0.15, -0.1) is 0 Å². The van der Waals surface area contributed by atoms with Crippen LogP contribution in [0, 0.1) is 0 Å². The van der Waals surface area contributed by atoms with Crippen molar-refractivity contribution in [2.24, 2.45) is 0 Å². The van der Waals surface area contributed by atoms with Gasteiger partial charge in [0, 0.05) is 37.1 Å². The molecule has 1 aliphatic rings. The van der Waals surface area contributed by atoms with Gasteiger partial charge in [-0.1, -0.05) is 0 Å². The Labute approximate surface area is 121 Å². The van der Waals surface area contributed by atoms with Crippen LogP contribution < -0.4 is 0 Å². The van der Waals surface area contributed by atoms with Crippen LogP contribution in [0.5, 0.6) is 0 Å². The van der Waals surface area contributed by atoms with Crippen molar-refractivity contribution in [3.05, 3.63) is 0 Å². The fourth-order valence-electron chi connectivity index (χ4n) is 1.05. The minimum absolute atomic E-state index is 0.0687. The van der Waals surface area contributed by atoms with Crippen molar-refractivity contribution in [2.75, 3.05) is 26.0 Å². The largest absolute Gasteiger partial charge is 0.437 e. The zero-order valence-electron chi connectivity index (χ0n) is 18.0. The Kier molecular flexibility index (Phi) is 2.44. The van der Waals surface area contributed by atoms with E-state index in [2.05, 4.69) is 4.74 Å². The number of halogens is 3. The summed E-state index contributed by atoms with van der Waals surface area (Å²) in [6, 6.07) is 0. The van der Waals surface area contributed by atoms with E-state index >= 15 is 0 Å². The number of piperazine rings is 1. The van der Waals surface area contributed by atoms with Crippen LogP contribution in [0.2, 0.25) is 0 Å². The van der Waals surface area contributed by atoms with E-state index in [1.54, 1.807) is 0 Å². The van der Waals surface area contributed by atoms with Crippen LogP contribution >= 0.6 is 0 Å². The molecule has 0 spiro atoms. The van der Waals surface area contributed by atoms with Crippen LogP contribution in [0.15, 0.2) is 0 Å². The zero-order valence-corrected chi connectivity index (χ0v) is 11.0. The van der Waals surface area contributed by atoms with Gasteiger partial charge in [-0.25, -0.2) is 4.79 Å². The topological polar surface area (TPSA) is 32.8 Å². The smallest absolute Gasteiger partial charge is 0.425 e. The SMILES string of the molecule is [2H]C1N(C(=O)OC([2H])(C)C(F)(F)F)C([2H])C([2H])([2H])N(C(C)(C)C)C1([2H])[2H]. The summed E-state index contributed by atoms with van der Waals surface area (Å²) in [5.74, 6) is 0. The van der Waals surface area contributed by atoms with Gasteiger partial charge in [0.15, 0.2) is 6.08 Å². The van der Waals surface area contributed by atoms with Gasteiger partial charge in [-0.05, 0) is 27.7 Å². The summed E-state index contributed by atoms with van der Waals surface area (Å²) in [7, 11) is 0. The van der Waals surface area contributed by atoms with E-state index in [1.165, 1.54) is 20.8 Å². The minimum Gasteiger partial charge on any atom is -0.437 e. The van der Waals surface area contributed by atoms with Crippen molar-refractivity contribution >= 4 is 6.09 Å². The van der Waals surface area contributed by atoms with Crippen molar-refractivity contribution in [3.8, 4) is 0 Å². The van der Waals surface area contributed by atoms with E-state index in [1.807, 2.05) is 0 Å². The van der Waals surface area contributed by atoms with Crippen LogP contribution in [-0.2, 0) is 4.74 Å². The molecule has 1 aliphatic heterocycles. The summed E-state index contributed by atoms with van der Waals surface area (Å²) in [4.78, 5) is 12.6. The lowest BCUT2D eigenvalue weighted by molar-refractivity contribution is -0.200. The molecule has 7 heteroatoms. The highest BCUT2D eigenvalue weighted by atomic mass is 19.4. The molecule has 1 fully saturated rings. The third-order valence-corrected chi connectivity index (χ3v) is 2.17. The molecule has 19 heavy (non-hydrogen) atoms. The van der Waals surface area contributed by atoms with Crippen molar-refractivity contribution in [2.45, 2.75) is 45.5 Å². The van der Waals surface area contributed by atoms with Gasteiger partial charge in [-0.2, -0.15) is 13.2 Å². The molecule has 0 radical (unpaired) electrons. The normalized spacial score (nSPS) is 40.4. The maximum atomic E-state index is 12.7. The highest BCUT2D eigenvalue weighted by molar-refractivity contribution is 5.68. The van der Waals surface area contributed by atoms with E-state index in [0.717, 1.165) is 0 Å². The number of rotatable bonds is 1. The lowest BCUT2D eigenvalue weighted by Gasteiger charge is -2.42. The van der Waals surface area contributed by atoms with Crippen LogP contribution in [0.25, 0.3) is 0 Å². The van der Waals surface area contributed by atoms with E-state index in [0.29, 0.717) is 4.90 Å². The minimum atomic E-state index is -5.27. The first-order chi connectivity index (χ1) is 11.2. The Morgan fingerprint density at radius 2 is 1.79 bits per heavy atom.